The van der Waals surface area contributed by atoms with E-state index in [1.54, 1.807) is 0 Å². The maximum Gasteiger partial charge on any atom is 0.0558 e. The summed E-state index contributed by atoms with van der Waals surface area (Å²) in [5.41, 5.74) is 0. The Balaban J connectivity index is 2.88. The summed E-state index contributed by atoms with van der Waals surface area (Å²) in [5, 5.41) is 0. The predicted molar refractivity (Wildman–Crippen MR) is 57.7 cm³/mol. The molecule has 0 aromatic rings. The van der Waals surface area contributed by atoms with Crippen molar-refractivity contribution in [1.82, 2.24) is 0 Å². The highest BCUT2D eigenvalue weighted by Crippen LogP contribution is 2.25. The van der Waals surface area contributed by atoms with Crippen LogP contribution < -0.4 is 0 Å². The summed E-state index contributed by atoms with van der Waals surface area (Å²) in [4.78, 5) is 0. The molecular weight excluding hydrogens is 303 g/mol. The Kier molecular flexibility index (Phi) is 2.74. The van der Waals surface area contributed by atoms with E-state index in [1.807, 2.05) is 6.08 Å². The molecule has 0 radical (unpaired) electrons. The molecule has 1 unspecified atom stereocenters. The van der Waals surface area contributed by atoms with Gasteiger partial charge in [-0.05, 0) is 13.0 Å². The molecule has 10 heavy (non-hydrogen) atoms. The van der Waals surface area contributed by atoms with Gasteiger partial charge in [-0.25, -0.2) is 0 Å². The number of hydrogen-bond donors (Lipinski definition) is 0. The first-order chi connectivity index (χ1) is 4.60. The average molecular weight is 311 g/mol. The van der Waals surface area contributed by atoms with E-state index >= 15 is 0 Å². The van der Waals surface area contributed by atoms with Crippen molar-refractivity contribution in [3.05, 3.63) is 34.9 Å². The van der Waals surface area contributed by atoms with Gasteiger partial charge in [0.15, 0.2) is 0 Å². The number of allylic oxidation sites excluding steroid dienone is 6. The Bertz CT molecular complexity index is 211. The molecule has 0 saturated carbocycles. The lowest BCUT2D eigenvalue weighted by Crippen LogP contribution is -2.04. The van der Waals surface area contributed by atoms with Crippen LogP contribution in [0.4, 0.5) is 0 Å². The SMILES string of the molecule is CC1(I)C=CC=C(Br)C=C1. The van der Waals surface area contributed by atoms with E-state index < -0.39 is 0 Å². The quantitative estimate of drug-likeness (QED) is 0.474. The third kappa shape index (κ3) is 2.58. The van der Waals surface area contributed by atoms with Crippen molar-refractivity contribution in [1.29, 1.82) is 0 Å². The fourth-order valence-electron chi connectivity index (χ4n) is 0.682. The van der Waals surface area contributed by atoms with Crippen LogP contribution in [-0.4, -0.2) is 3.42 Å². The van der Waals surface area contributed by atoms with Crippen molar-refractivity contribution in [3.8, 4) is 0 Å². The molecular formula is C8H8BrI. The van der Waals surface area contributed by atoms with Gasteiger partial charge in [-0.2, -0.15) is 0 Å². The molecule has 1 aliphatic carbocycles. The molecule has 0 amide bonds. The van der Waals surface area contributed by atoms with Crippen LogP contribution in [0.5, 0.6) is 0 Å². The number of hydrogen-bond acceptors (Lipinski definition) is 0. The van der Waals surface area contributed by atoms with E-state index in [9.17, 15) is 0 Å². The molecule has 0 nitrogen and oxygen atoms in total. The summed E-state index contributed by atoms with van der Waals surface area (Å²) in [7, 11) is 0. The molecule has 0 aliphatic heterocycles. The lowest BCUT2D eigenvalue weighted by atomic mass is 10.2. The molecule has 0 aromatic carbocycles. The zero-order chi connectivity index (χ0) is 7.61. The minimum Gasteiger partial charge on any atom is -0.0700 e. The smallest absolute Gasteiger partial charge is 0.0558 e. The molecule has 0 spiro atoms. The van der Waals surface area contributed by atoms with Crippen molar-refractivity contribution in [2.24, 2.45) is 0 Å². The summed E-state index contributed by atoms with van der Waals surface area (Å²) in [6.07, 6.45) is 10.5. The number of halogens is 2. The highest BCUT2D eigenvalue weighted by Gasteiger charge is 2.11. The van der Waals surface area contributed by atoms with Crippen molar-refractivity contribution in [3.63, 3.8) is 0 Å². The van der Waals surface area contributed by atoms with Crippen LogP contribution in [0, 0.1) is 0 Å². The van der Waals surface area contributed by atoms with Crippen molar-refractivity contribution < 1.29 is 0 Å². The van der Waals surface area contributed by atoms with Crippen LogP contribution in [0.15, 0.2) is 34.9 Å². The first kappa shape index (κ1) is 8.53. The molecule has 54 valence electrons. The van der Waals surface area contributed by atoms with Crippen LogP contribution in [0.25, 0.3) is 0 Å². The van der Waals surface area contributed by atoms with E-state index in [0.29, 0.717) is 0 Å². The molecule has 0 N–H and O–H groups in total. The largest absolute Gasteiger partial charge is 0.0700 e. The summed E-state index contributed by atoms with van der Waals surface area (Å²) in [6.45, 7) is 2.17. The summed E-state index contributed by atoms with van der Waals surface area (Å²) in [6, 6.07) is 0. The molecule has 1 atom stereocenters. The Morgan fingerprint density at radius 3 is 2.90 bits per heavy atom. The van der Waals surface area contributed by atoms with Gasteiger partial charge in [0.1, 0.15) is 0 Å². The maximum atomic E-state index is 3.41. The zero-order valence-electron chi connectivity index (χ0n) is 5.64. The van der Waals surface area contributed by atoms with Crippen molar-refractivity contribution in [2.45, 2.75) is 10.3 Å². The molecule has 1 rings (SSSR count). The van der Waals surface area contributed by atoms with Gasteiger partial charge in [-0.15, -0.1) is 0 Å². The van der Waals surface area contributed by atoms with E-state index in [4.69, 9.17) is 0 Å². The Morgan fingerprint density at radius 2 is 2.20 bits per heavy atom. The van der Waals surface area contributed by atoms with Crippen molar-refractivity contribution >= 4 is 38.5 Å². The van der Waals surface area contributed by atoms with E-state index in [2.05, 4.69) is 69.7 Å². The normalized spacial score (nSPS) is 31.7. The Morgan fingerprint density at radius 1 is 1.50 bits per heavy atom. The van der Waals surface area contributed by atoms with Crippen LogP contribution in [0.3, 0.4) is 0 Å². The summed E-state index contributed by atoms with van der Waals surface area (Å²) < 4.78 is 1.30. The minimum absolute atomic E-state index is 0.170. The molecule has 0 heterocycles. The highest BCUT2D eigenvalue weighted by molar-refractivity contribution is 14.1. The fraction of sp³-hybridized carbons (Fsp3) is 0.250. The second-order valence-corrected chi connectivity index (χ2v) is 5.64. The molecule has 2 heteroatoms. The Hall–Kier alpha value is 0.430. The second-order valence-electron chi connectivity index (χ2n) is 2.40. The topological polar surface area (TPSA) is 0 Å². The standard InChI is InChI=1S/C8H8BrI/c1-8(10)5-2-3-7(9)4-6-8/h2-6H,1H3. The van der Waals surface area contributed by atoms with Gasteiger partial charge in [0, 0.05) is 4.48 Å². The van der Waals surface area contributed by atoms with E-state index in [-0.39, 0.29) is 3.42 Å². The predicted octanol–water partition coefficient (Wildman–Crippen LogP) is 3.58. The van der Waals surface area contributed by atoms with E-state index in [0.717, 1.165) is 4.48 Å². The van der Waals surface area contributed by atoms with Gasteiger partial charge in [0.05, 0.1) is 3.42 Å². The van der Waals surface area contributed by atoms with Gasteiger partial charge in [-0.3, -0.25) is 0 Å². The molecule has 0 fully saturated rings. The van der Waals surface area contributed by atoms with Gasteiger partial charge in [0.25, 0.3) is 0 Å². The van der Waals surface area contributed by atoms with Gasteiger partial charge in [0.2, 0.25) is 0 Å². The van der Waals surface area contributed by atoms with Crippen LogP contribution >= 0.6 is 38.5 Å². The van der Waals surface area contributed by atoms with Crippen LogP contribution in [0.2, 0.25) is 0 Å². The van der Waals surface area contributed by atoms with Crippen molar-refractivity contribution in [2.75, 3.05) is 0 Å². The first-order valence-corrected chi connectivity index (χ1v) is 4.90. The zero-order valence-corrected chi connectivity index (χ0v) is 9.39. The highest BCUT2D eigenvalue weighted by atomic mass is 127. The average Bonchev–Trinajstić information content (AvgIpc) is 1.94. The molecule has 0 aromatic heterocycles. The summed E-state index contributed by atoms with van der Waals surface area (Å²) >= 11 is 5.81. The third-order valence-electron chi connectivity index (χ3n) is 1.25. The molecule has 0 bridgehead atoms. The van der Waals surface area contributed by atoms with E-state index in [1.165, 1.54) is 0 Å². The third-order valence-corrected chi connectivity index (χ3v) is 2.49. The first-order valence-electron chi connectivity index (χ1n) is 3.03. The molecule has 1 aliphatic rings. The number of alkyl halides is 1. The lowest BCUT2D eigenvalue weighted by molar-refractivity contribution is 1.06. The Labute approximate surface area is 83.3 Å². The fourth-order valence-corrected chi connectivity index (χ4v) is 1.35. The minimum atomic E-state index is 0.170. The number of rotatable bonds is 0. The monoisotopic (exact) mass is 310 g/mol. The van der Waals surface area contributed by atoms with Gasteiger partial charge in [-0.1, -0.05) is 62.8 Å². The lowest BCUT2D eigenvalue weighted by Gasteiger charge is -2.09. The summed E-state index contributed by atoms with van der Waals surface area (Å²) in [5.74, 6) is 0. The van der Waals surface area contributed by atoms with Gasteiger partial charge >= 0.3 is 0 Å². The van der Waals surface area contributed by atoms with Crippen LogP contribution in [0.1, 0.15) is 6.92 Å². The maximum absolute atomic E-state index is 3.41. The van der Waals surface area contributed by atoms with Gasteiger partial charge < -0.3 is 0 Å². The molecule has 0 saturated heterocycles. The second kappa shape index (κ2) is 3.22. The van der Waals surface area contributed by atoms with Crippen LogP contribution in [-0.2, 0) is 0 Å².